The van der Waals surface area contributed by atoms with E-state index in [0.717, 1.165) is 29.6 Å². The van der Waals surface area contributed by atoms with Gasteiger partial charge >= 0.3 is 0 Å². The van der Waals surface area contributed by atoms with Gasteiger partial charge in [-0.3, -0.25) is 9.69 Å². The number of likely N-dealkylation sites (N-methyl/N-ethyl adjacent to an activating group) is 1. The Bertz CT molecular complexity index is 1220. The van der Waals surface area contributed by atoms with Crippen molar-refractivity contribution in [3.63, 3.8) is 0 Å². The molecule has 0 spiro atoms. The Morgan fingerprint density at radius 1 is 1.09 bits per heavy atom. The number of benzene rings is 2. The summed E-state index contributed by atoms with van der Waals surface area (Å²) in [5.41, 5.74) is 1.36. The van der Waals surface area contributed by atoms with Crippen LogP contribution in [0.15, 0.2) is 41.3 Å². The summed E-state index contributed by atoms with van der Waals surface area (Å²) in [7, 11) is -1.72. The smallest absolute Gasteiger partial charge is 0.233 e. The molecular weight excluding hydrogens is 482 g/mol. The summed E-state index contributed by atoms with van der Waals surface area (Å²) in [5, 5.41) is 1.11. The van der Waals surface area contributed by atoms with Crippen LogP contribution in [0.25, 0.3) is 10.2 Å². The van der Waals surface area contributed by atoms with Crippen LogP contribution in [0.5, 0.6) is 5.75 Å². The number of sulfone groups is 1. The molecule has 0 radical (unpaired) electrons. The molecule has 0 aliphatic rings. The van der Waals surface area contributed by atoms with Gasteiger partial charge in [0, 0.05) is 19.3 Å². The summed E-state index contributed by atoms with van der Waals surface area (Å²) in [6.07, 6.45) is 1.29. The highest BCUT2D eigenvalue weighted by Crippen LogP contribution is 2.38. The molecule has 0 fully saturated rings. The van der Waals surface area contributed by atoms with Gasteiger partial charge in [-0.25, -0.2) is 13.4 Å². The average Bonchev–Trinajstić information content (AvgIpc) is 3.23. The molecule has 3 aromatic rings. The van der Waals surface area contributed by atoms with Crippen molar-refractivity contribution >= 4 is 54.0 Å². The molecule has 33 heavy (non-hydrogen) atoms. The van der Waals surface area contributed by atoms with Crippen molar-refractivity contribution in [2.24, 2.45) is 0 Å². The monoisotopic (exact) mass is 509 g/mol. The van der Waals surface area contributed by atoms with Crippen LogP contribution >= 0.6 is 22.9 Å². The van der Waals surface area contributed by atoms with E-state index in [-0.39, 0.29) is 17.2 Å². The number of carbonyl (C=O) groups is 1. The van der Waals surface area contributed by atoms with Crippen molar-refractivity contribution in [1.29, 1.82) is 0 Å². The molecule has 178 valence electrons. The van der Waals surface area contributed by atoms with Crippen molar-refractivity contribution in [3.05, 3.63) is 47.0 Å². The predicted octanol–water partition coefficient (Wildman–Crippen LogP) is 4.28. The molecule has 0 aliphatic heterocycles. The Balaban J connectivity index is 1.93. The minimum atomic E-state index is -3.29. The molecule has 2 aromatic carbocycles. The van der Waals surface area contributed by atoms with Crippen LogP contribution < -0.4 is 9.64 Å². The van der Waals surface area contributed by atoms with Gasteiger partial charge in [0.25, 0.3) is 0 Å². The van der Waals surface area contributed by atoms with Gasteiger partial charge in [-0.05, 0) is 42.9 Å². The molecule has 0 bridgehead atoms. The van der Waals surface area contributed by atoms with Crippen LogP contribution in [-0.4, -0.2) is 63.8 Å². The first-order chi connectivity index (χ1) is 15.7. The maximum atomic E-state index is 13.4. The third-order valence-corrected chi connectivity index (χ3v) is 8.11. The second kappa shape index (κ2) is 10.8. The van der Waals surface area contributed by atoms with E-state index in [1.165, 1.54) is 23.5 Å². The van der Waals surface area contributed by atoms with E-state index in [4.69, 9.17) is 21.3 Å². The first kappa shape index (κ1) is 25.4. The highest BCUT2D eigenvalue weighted by molar-refractivity contribution is 7.90. The Kier molecular flexibility index (Phi) is 8.33. The topological polar surface area (TPSA) is 79.8 Å². The molecule has 0 unspecified atom stereocenters. The zero-order valence-electron chi connectivity index (χ0n) is 19.2. The minimum Gasteiger partial charge on any atom is -0.494 e. The van der Waals surface area contributed by atoms with Crippen LogP contribution in [0.1, 0.15) is 19.4 Å². The molecule has 7 nitrogen and oxygen atoms in total. The first-order valence-electron chi connectivity index (χ1n) is 10.6. The van der Waals surface area contributed by atoms with E-state index >= 15 is 0 Å². The maximum Gasteiger partial charge on any atom is 0.233 e. The van der Waals surface area contributed by atoms with E-state index in [0.29, 0.717) is 34.5 Å². The van der Waals surface area contributed by atoms with Crippen LogP contribution in [0.2, 0.25) is 5.02 Å². The number of ether oxygens (including phenoxy) is 1. The molecule has 10 heteroatoms. The van der Waals surface area contributed by atoms with Gasteiger partial charge in [0.15, 0.2) is 15.0 Å². The number of rotatable bonds is 10. The lowest BCUT2D eigenvalue weighted by molar-refractivity contribution is -0.118. The lowest BCUT2D eigenvalue weighted by Gasteiger charge is -2.24. The number of carbonyl (C=O) groups excluding carboxylic acids is 1. The van der Waals surface area contributed by atoms with Gasteiger partial charge in [-0.15, -0.1) is 0 Å². The number of hydrogen-bond acceptors (Lipinski definition) is 7. The summed E-state index contributed by atoms with van der Waals surface area (Å²) < 4.78 is 29.6. The van der Waals surface area contributed by atoms with Crippen molar-refractivity contribution in [1.82, 2.24) is 9.88 Å². The minimum absolute atomic E-state index is 0.122. The van der Waals surface area contributed by atoms with E-state index in [1.54, 1.807) is 36.3 Å². The molecule has 0 saturated heterocycles. The zero-order valence-corrected chi connectivity index (χ0v) is 21.6. The number of amides is 1. The molecule has 0 saturated carbocycles. The van der Waals surface area contributed by atoms with E-state index in [9.17, 15) is 13.2 Å². The predicted molar refractivity (Wildman–Crippen MR) is 135 cm³/mol. The quantitative estimate of drug-likeness (QED) is 0.406. The fraction of sp³-hybridized carbons (Fsp3) is 0.391. The van der Waals surface area contributed by atoms with Crippen LogP contribution in [-0.2, 0) is 21.1 Å². The largest absolute Gasteiger partial charge is 0.494 e. The molecular formula is C23H28ClN3O4S2. The number of methoxy groups -OCH3 is 1. The SMILES string of the molecule is CCN(CC)CCN(C(=O)Cc1ccc(S(C)(=O)=O)cc1)c1nc2c(OC)ccc(Cl)c2s1. The van der Waals surface area contributed by atoms with Crippen molar-refractivity contribution in [3.8, 4) is 5.75 Å². The summed E-state index contributed by atoms with van der Waals surface area (Å²) >= 11 is 7.75. The Labute approximate surface area is 203 Å². The van der Waals surface area contributed by atoms with Crippen molar-refractivity contribution < 1.29 is 17.9 Å². The van der Waals surface area contributed by atoms with Gasteiger partial charge in [0.1, 0.15) is 11.3 Å². The second-order valence-corrected chi connectivity index (χ2v) is 11.0. The summed E-state index contributed by atoms with van der Waals surface area (Å²) in [6.45, 7) is 7.10. The fourth-order valence-electron chi connectivity index (χ4n) is 3.45. The third-order valence-electron chi connectivity index (χ3n) is 5.44. The summed E-state index contributed by atoms with van der Waals surface area (Å²) in [5.74, 6) is 0.479. The normalized spacial score (nSPS) is 11.8. The first-order valence-corrected chi connectivity index (χ1v) is 13.7. The lowest BCUT2D eigenvalue weighted by Crippen LogP contribution is -2.39. The van der Waals surface area contributed by atoms with Crippen molar-refractivity contribution in [2.45, 2.75) is 25.2 Å². The molecule has 0 N–H and O–H groups in total. The average molecular weight is 510 g/mol. The van der Waals surface area contributed by atoms with Gasteiger partial charge in [-0.2, -0.15) is 0 Å². The molecule has 0 atom stereocenters. The molecule has 0 aliphatic carbocycles. The van der Waals surface area contributed by atoms with E-state index < -0.39 is 9.84 Å². The number of anilines is 1. The zero-order chi connectivity index (χ0) is 24.2. The highest BCUT2D eigenvalue weighted by Gasteiger charge is 2.23. The van der Waals surface area contributed by atoms with Crippen LogP contribution in [0.3, 0.4) is 0 Å². The molecule has 1 aromatic heterocycles. The molecule has 1 heterocycles. The van der Waals surface area contributed by atoms with E-state index in [1.807, 2.05) is 0 Å². The fourth-order valence-corrected chi connectivity index (χ4v) is 5.38. The standard InChI is InChI=1S/C23H28ClN3O4S2/c1-5-26(6-2)13-14-27(20(28)15-16-7-9-17(10-8-16)33(4,29)30)23-25-21-19(31-3)12-11-18(24)22(21)32-23/h7-12H,5-6,13-15H2,1-4H3. The number of thiazole rings is 1. The highest BCUT2D eigenvalue weighted by atomic mass is 35.5. The van der Waals surface area contributed by atoms with Crippen LogP contribution in [0, 0.1) is 0 Å². The Morgan fingerprint density at radius 3 is 2.33 bits per heavy atom. The lowest BCUT2D eigenvalue weighted by atomic mass is 10.1. The van der Waals surface area contributed by atoms with Gasteiger partial charge in [0.05, 0.1) is 28.1 Å². The Hall–Kier alpha value is -2.20. The third kappa shape index (κ3) is 6.03. The number of aromatic nitrogens is 1. The van der Waals surface area contributed by atoms with Gasteiger partial charge < -0.3 is 9.64 Å². The van der Waals surface area contributed by atoms with E-state index in [2.05, 4.69) is 18.7 Å². The van der Waals surface area contributed by atoms with Gasteiger partial charge in [0.2, 0.25) is 5.91 Å². The van der Waals surface area contributed by atoms with Gasteiger partial charge in [-0.1, -0.05) is 48.9 Å². The summed E-state index contributed by atoms with van der Waals surface area (Å²) in [6, 6.07) is 9.93. The Morgan fingerprint density at radius 2 is 1.76 bits per heavy atom. The van der Waals surface area contributed by atoms with Crippen molar-refractivity contribution in [2.75, 3.05) is 44.4 Å². The number of hydrogen-bond donors (Lipinski definition) is 0. The maximum absolute atomic E-state index is 13.4. The summed E-state index contributed by atoms with van der Waals surface area (Å²) in [4.78, 5) is 22.2. The number of halogens is 1. The molecule has 3 rings (SSSR count). The number of nitrogens with zero attached hydrogens (tertiary/aromatic N) is 3. The molecule has 1 amide bonds. The number of fused-ring (bicyclic) bond motifs is 1. The second-order valence-electron chi connectivity index (χ2n) is 7.59. The van der Waals surface area contributed by atoms with Crippen LogP contribution in [0.4, 0.5) is 5.13 Å².